The van der Waals surface area contributed by atoms with Crippen LogP contribution in [0, 0.1) is 11.7 Å². The van der Waals surface area contributed by atoms with E-state index in [0.717, 1.165) is 25.7 Å². The lowest BCUT2D eigenvalue weighted by Gasteiger charge is -2.34. The summed E-state index contributed by atoms with van der Waals surface area (Å²) in [5.74, 6) is 0.0292. The minimum atomic E-state index is -0.287. The molecule has 1 aliphatic rings. The Kier molecular flexibility index (Phi) is 5.65. The van der Waals surface area contributed by atoms with Gasteiger partial charge in [0, 0.05) is 30.2 Å². The molecule has 0 radical (unpaired) electrons. The van der Waals surface area contributed by atoms with Crippen molar-refractivity contribution in [2.45, 2.75) is 36.6 Å². The van der Waals surface area contributed by atoms with E-state index >= 15 is 0 Å². The summed E-state index contributed by atoms with van der Waals surface area (Å²) in [6, 6.07) is 4.74. The van der Waals surface area contributed by atoms with Crippen molar-refractivity contribution in [1.82, 2.24) is 4.90 Å². The van der Waals surface area contributed by atoms with Crippen LogP contribution in [0.2, 0.25) is 0 Å². The number of amides is 1. The van der Waals surface area contributed by atoms with Crippen molar-refractivity contribution in [3.8, 4) is 0 Å². The highest BCUT2D eigenvalue weighted by atomic mass is 32.2. The summed E-state index contributed by atoms with van der Waals surface area (Å²) < 4.78 is 13.5. The fourth-order valence-electron chi connectivity index (χ4n) is 2.88. The van der Waals surface area contributed by atoms with Crippen molar-refractivity contribution in [3.05, 3.63) is 29.6 Å². The zero-order valence-corrected chi connectivity index (χ0v) is 13.3. The number of nitrogens with zero attached hydrogens (tertiary/aromatic N) is 1. The van der Waals surface area contributed by atoms with Crippen LogP contribution in [0.25, 0.3) is 0 Å². The molecule has 5 heteroatoms. The highest BCUT2D eigenvalue weighted by Crippen LogP contribution is 2.28. The number of halogens is 1. The van der Waals surface area contributed by atoms with E-state index in [0.29, 0.717) is 16.4 Å². The molecule has 1 amide bonds. The molecule has 0 saturated heterocycles. The topological polar surface area (TPSA) is 40.5 Å². The predicted octanol–water partition coefficient (Wildman–Crippen LogP) is 3.17. The van der Waals surface area contributed by atoms with E-state index in [-0.39, 0.29) is 24.4 Å². The minimum Gasteiger partial charge on any atom is -0.396 e. The molecule has 21 heavy (non-hydrogen) atoms. The summed E-state index contributed by atoms with van der Waals surface area (Å²) in [4.78, 5) is 14.8. The van der Waals surface area contributed by atoms with Gasteiger partial charge in [0.25, 0.3) is 5.91 Å². The van der Waals surface area contributed by atoms with Crippen LogP contribution in [-0.4, -0.2) is 41.9 Å². The van der Waals surface area contributed by atoms with Crippen molar-refractivity contribution in [2.75, 3.05) is 19.9 Å². The Bertz CT molecular complexity index is 501. The second-order valence-corrected chi connectivity index (χ2v) is 6.47. The Morgan fingerprint density at radius 1 is 1.38 bits per heavy atom. The first kappa shape index (κ1) is 16.3. The lowest BCUT2D eigenvalue weighted by Crippen LogP contribution is -2.39. The average molecular weight is 311 g/mol. The van der Waals surface area contributed by atoms with Gasteiger partial charge in [-0.15, -0.1) is 11.8 Å². The zero-order chi connectivity index (χ0) is 15.4. The maximum Gasteiger partial charge on any atom is 0.253 e. The van der Waals surface area contributed by atoms with E-state index < -0.39 is 0 Å². The van der Waals surface area contributed by atoms with E-state index in [1.165, 1.54) is 17.8 Å². The number of thioether (sulfide) groups is 1. The van der Waals surface area contributed by atoms with Crippen LogP contribution in [0.15, 0.2) is 23.1 Å². The Hall–Kier alpha value is -1.07. The lowest BCUT2D eigenvalue weighted by molar-refractivity contribution is 0.0652. The van der Waals surface area contributed by atoms with Crippen molar-refractivity contribution in [1.29, 1.82) is 0 Å². The van der Waals surface area contributed by atoms with Crippen LogP contribution in [0.4, 0.5) is 4.39 Å². The SMILES string of the molecule is CSc1cc(C(=O)N(C)C2CCC(CO)CC2)ccc1F. The molecule has 2 rings (SSSR count). The fraction of sp³-hybridized carbons (Fsp3) is 0.562. The van der Waals surface area contributed by atoms with Gasteiger partial charge in [0.05, 0.1) is 0 Å². The molecular formula is C16H22FNO2S. The number of rotatable bonds is 4. The zero-order valence-electron chi connectivity index (χ0n) is 12.5. The van der Waals surface area contributed by atoms with E-state index in [2.05, 4.69) is 0 Å². The summed E-state index contributed by atoms with van der Waals surface area (Å²) in [7, 11) is 1.81. The average Bonchev–Trinajstić information content (AvgIpc) is 2.54. The second kappa shape index (κ2) is 7.27. The molecule has 1 N–H and O–H groups in total. The number of aliphatic hydroxyl groups is 1. The normalized spacial score (nSPS) is 22.1. The standard InChI is InChI=1S/C16H22FNO2S/c1-18(13-6-3-11(10-19)4-7-13)16(20)12-5-8-14(17)15(9-12)21-2/h5,8-9,11,13,19H,3-4,6-7,10H2,1-2H3. The van der Waals surface area contributed by atoms with Gasteiger partial charge in [-0.25, -0.2) is 4.39 Å². The molecule has 0 spiro atoms. The van der Waals surface area contributed by atoms with Gasteiger partial charge in [0.2, 0.25) is 0 Å². The summed E-state index contributed by atoms with van der Waals surface area (Å²) in [6.45, 7) is 0.236. The summed E-state index contributed by atoms with van der Waals surface area (Å²) in [5.41, 5.74) is 0.535. The summed E-state index contributed by atoms with van der Waals surface area (Å²) in [6.07, 6.45) is 5.55. The van der Waals surface area contributed by atoms with Crippen LogP contribution in [0.5, 0.6) is 0 Å². The molecule has 0 atom stereocenters. The molecule has 0 unspecified atom stereocenters. The smallest absolute Gasteiger partial charge is 0.253 e. The van der Waals surface area contributed by atoms with Crippen molar-refractivity contribution in [2.24, 2.45) is 5.92 Å². The molecule has 0 aromatic heterocycles. The monoisotopic (exact) mass is 311 g/mol. The van der Waals surface area contributed by atoms with Gasteiger partial charge in [0.1, 0.15) is 5.82 Å². The van der Waals surface area contributed by atoms with Gasteiger partial charge in [0.15, 0.2) is 0 Å². The van der Waals surface area contributed by atoms with Crippen molar-refractivity contribution in [3.63, 3.8) is 0 Å². The molecule has 1 saturated carbocycles. The number of carbonyl (C=O) groups excluding carboxylic acids is 1. The maximum atomic E-state index is 13.5. The molecule has 0 heterocycles. The van der Waals surface area contributed by atoms with Gasteiger partial charge in [-0.05, 0) is 56.1 Å². The van der Waals surface area contributed by atoms with Crippen LogP contribution < -0.4 is 0 Å². The Morgan fingerprint density at radius 3 is 2.62 bits per heavy atom. The van der Waals surface area contributed by atoms with Gasteiger partial charge in [-0.3, -0.25) is 4.79 Å². The van der Waals surface area contributed by atoms with Crippen molar-refractivity contribution < 1.29 is 14.3 Å². The molecule has 1 aliphatic carbocycles. The number of carbonyl (C=O) groups is 1. The largest absolute Gasteiger partial charge is 0.396 e. The first-order valence-corrected chi connectivity index (χ1v) is 8.50. The third-order valence-corrected chi connectivity index (χ3v) is 5.09. The fourth-order valence-corrected chi connectivity index (χ4v) is 3.38. The molecule has 0 bridgehead atoms. The number of hydrogen-bond acceptors (Lipinski definition) is 3. The van der Waals surface area contributed by atoms with Gasteiger partial charge in [-0.1, -0.05) is 0 Å². The first-order chi connectivity index (χ1) is 10.1. The van der Waals surface area contributed by atoms with Crippen molar-refractivity contribution >= 4 is 17.7 Å². The molecule has 3 nitrogen and oxygen atoms in total. The minimum absolute atomic E-state index is 0.0576. The van der Waals surface area contributed by atoms with Gasteiger partial charge >= 0.3 is 0 Å². The van der Waals surface area contributed by atoms with Gasteiger partial charge in [-0.2, -0.15) is 0 Å². The third-order valence-electron chi connectivity index (χ3n) is 4.34. The van der Waals surface area contributed by atoms with Crippen LogP contribution in [-0.2, 0) is 0 Å². The van der Waals surface area contributed by atoms with E-state index in [9.17, 15) is 9.18 Å². The maximum absolute atomic E-state index is 13.5. The first-order valence-electron chi connectivity index (χ1n) is 7.28. The third kappa shape index (κ3) is 3.77. The molecule has 1 fully saturated rings. The van der Waals surface area contributed by atoms with E-state index in [4.69, 9.17) is 5.11 Å². The molecule has 1 aromatic rings. The van der Waals surface area contributed by atoms with Crippen LogP contribution in [0.1, 0.15) is 36.0 Å². The lowest BCUT2D eigenvalue weighted by atomic mass is 9.86. The van der Waals surface area contributed by atoms with E-state index in [1.54, 1.807) is 23.3 Å². The molecule has 0 aliphatic heterocycles. The number of hydrogen-bond donors (Lipinski definition) is 1. The number of aliphatic hydroxyl groups excluding tert-OH is 1. The highest BCUT2D eigenvalue weighted by Gasteiger charge is 2.27. The number of benzene rings is 1. The van der Waals surface area contributed by atoms with Crippen LogP contribution in [0.3, 0.4) is 0 Å². The van der Waals surface area contributed by atoms with Gasteiger partial charge < -0.3 is 10.0 Å². The Morgan fingerprint density at radius 2 is 2.05 bits per heavy atom. The summed E-state index contributed by atoms with van der Waals surface area (Å²) >= 11 is 1.30. The highest BCUT2D eigenvalue weighted by molar-refractivity contribution is 7.98. The van der Waals surface area contributed by atoms with E-state index in [1.807, 2.05) is 7.05 Å². The summed E-state index contributed by atoms with van der Waals surface area (Å²) in [5, 5.41) is 9.17. The molecule has 116 valence electrons. The predicted molar refractivity (Wildman–Crippen MR) is 83.1 cm³/mol. The van der Waals surface area contributed by atoms with Crippen LogP contribution >= 0.6 is 11.8 Å². The Labute approximate surface area is 129 Å². The molecular weight excluding hydrogens is 289 g/mol. The Balaban J connectivity index is 2.05. The quantitative estimate of drug-likeness (QED) is 0.868. The molecule has 1 aromatic carbocycles. The second-order valence-electron chi connectivity index (χ2n) is 5.62.